The van der Waals surface area contributed by atoms with E-state index in [-0.39, 0.29) is 35.6 Å². The van der Waals surface area contributed by atoms with Crippen LogP contribution in [0.25, 0.3) is 0 Å². The van der Waals surface area contributed by atoms with E-state index < -0.39 is 8.32 Å². The second-order valence-electron chi connectivity index (χ2n) is 10.5. The summed E-state index contributed by atoms with van der Waals surface area (Å²) in [5.41, 5.74) is 0.940. The summed E-state index contributed by atoms with van der Waals surface area (Å²) < 4.78 is 24.4. The Morgan fingerprint density at radius 2 is 1.60 bits per heavy atom. The van der Waals surface area contributed by atoms with Crippen LogP contribution in [0.4, 0.5) is 0 Å². The predicted octanol–water partition coefficient (Wildman–Crippen LogP) is 5.17. The quantitative estimate of drug-likeness (QED) is 0.539. The third-order valence-corrected chi connectivity index (χ3v) is 11.4. The van der Waals surface area contributed by atoms with Crippen LogP contribution in [-0.2, 0) is 20.3 Å². The minimum atomic E-state index is -1.79. The van der Waals surface area contributed by atoms with Gasteiger partial charge in [0.2, 0.25) is 0 Å². The fourth-order valence-corrected chi connectivity index (χ4v) is 4.70. The molecule has 2 rings (SSSR count). The number of aliphatic hydroxyl groups excluding tert-OH is 1. The summed E-state index contributed by atoms with van der Waals surface area (Å²) in [6, 6.07) is 8.00. The molecule has 3 atom stereocenters. The highest BCUT2D eigenvalue weighted by molar-refractivity contribution is 6.74. The van der Waals surface area contributed by atoms with E-state index in [0.717, 1.165) is 17.7 Å². The van der Waals surface area contributed by atoms with Crippen LogP contribution in [0.3, 0.4) is 0 Å². The predicted molar refractivity (Wildman–Crippen MR) is 123 cm³/mol. The molecule has 5 nitrogen and oxygen atoms in total. The van der Waals surface area contributed by atoms with E-state index >= 15 is 0 Å². The monoisotopic (exact) mass is 438 g/mol. The Morgan fingerprint density at radius 1 is 1.03 bits per heavy atom. The van der Waals surface area contributed by atoms with Gasteiger partial charge in [-0.1, -0.05) is 46.8 Å². The molecule has 0 bridgehead atoms. The van der Waals surface area contributed by atoms with Gasteiger partial charge < -0.3 is 23.7 Å². The fraction of sp³-hybridized carbons (Fsp3) is 0.750. The van der Waals surface area contributed by atoms with E-state index in [4.69, 9.17) is 18.6 Å². The maximum Gasteiger partial charge on any atom is 0.191 e. The number of ether oxygens (including phenoxy) is 3. The maximum absolute atomic E-state index is 9.59. The molecule has 1 aromatic carbocycles. The molecule has 172 valence electrons. The van der Waals surface area contributed by atoms with Gasteiger partial charge in [0, 0.05) is 25.0 Å². The SMILES string of the molecule is COc1ccc(CC2O[C@@H](CCO)C(C)(C)[C@H](CCO[Si](C)(C)C(C)(C)C)O2)cc1. The van der Waals surface area contributed by atoms with E-state index in [9.17, 15) is 5.11 Å². The lowest BCUT2D eigenvalue weighted by atomic mass is 9.77. The minimum Gasteiger partial charge on any atom is -0.497 e. The molecule has 0 saturated carbocycles. The zero-order valence-corrected chi connectivity index (χ0v) is 21.2. The molecule has 0 aromatic heterocycles. The van der Waals surface area contributed by atoms with E-state index in [1.165, 1.54) is 0 Å². The largest absolute Gasteiger partial charge is 0.497 e. The van der Waals surface area contributed by atoms with Crippen molar-refractivity contribution < 1.29 is 23.7 Å². The van der Waals surface area contributed by atoms with Crippen LogP contribution in [0.15, 0.2) is 24.3 Å². The fourth-order valence-electron chi connectivity index (χ4n) is 3.64. The Bertz CT molecular complexity index is 651. The van der Waals surface area contributed by atoms with Crippen molar-refractivity contribution in [3.8, 4) is 5.75 Å². The first kappa shape index (κ1) is 25.3. The Kier molecular flexibility index (Phi) is 8.56. The van der Waals surface area contributed by atoms with E-state index in [2.05, 4.69) is 47.7 Å². The first-order valence-corrected chi connectivity index (χ1v) is 14.0. The highest BCUT2D eigenvalue weighted by Gasteiger charge is 2.45. The van der Waals surface area contributed by atoms with Gasteiger partial charge in [0.15, 0.2) is 14.6 Å². The molecule has 0 aliphatic carbocycles. The second kappa shape index (κ2) is 10.1. The summed E-state index contributed by atoms with van der Waals surface area (Å²) in [6.45, 7) is 16.5. The molecule has 0 radical (unpaired) electrons. The maximum atomic E-state index is 9.59. The normalized spacial score (nSPS) is 24.6. The van der Waals surface area contributed by atoms with Gasteiger partial charge >= 0.3 is 0 Å². The third kappa shape index (κ3) is 6.30. The van der Waals surface area contributed by atoms with E-state index in [0.29, 0.717) is 19.4 Å². The van der Waals surface area contributed by atoms with Crippen molar-refractivity contribution >= 4 is 8.32 Å². The second-order valence-corrected chi connectivity index (χ2v) is 15.3. The first-order valence-electron chi connectivity index (χ1n) is 11.1. The zero-order chi connectivity index (χ0) is 22.6. The molecule has 1 fully saturated rings. The Morgan fingerprint density at radius 3 is 2.10 bits per heavy atom. The number of hydrogen-bond donors (Lipinski definition) is 1. The summed E-state index contributed by atoms with van der Waals surface area (Å²) in [5.74, 6) is 0.837. The molecule has 1 heterocycles. The van der Waals surface area contributed by atoms with Gasteiger partial charge in [-0.25, -0.2) is 0 Å². The van der Waals surface area contributed by atoms with Crippen molar-refractivity contribution in [3.05, 3.63) is 29.8 Å². The van der Waals surface area contributed by atoms with Crippen molar-refractivity contribution in [1.82, 2.24) is 0 Å². The molecule has 0 spiro atoms. The molecule has 30 heavy (non-hydrogen) atoms. The summed E-state index contributed by atoms with van der Waals surface area (Å²) in [4.78, 5) is 0. The van der Waals surface area contributed by atoms with Gasteiger partial charge in [-0.15, -0.1) is 0 Å². The van der Waals surface area contributed by atoms with Crippen molar-refractivity contribution in [1.29, 1.82) is 0 Å². The number of methoxy groups -OCH3 is 1. The average molecular weight is 439 g/mol. The molecule has 1 aromatic rings. The highest BCUT2D eigenvalue weighted by atomic mass is 28.4. The lowest BCUT2D eigenvalue weighted by molar-refractivity contribution is -0.296. The molecule has 1 N–H and O–H groups in total. The van der Waals surface area contributed by atoms with E-state index in [1.807, 2.05) is 24.3 Å². The Hall–Kier alpha value is -0.923. The third-order valence-electron chi connectivity index (χ3n) is 6.89. The van der Waals surface area contributed by atoms with Crippen LogP contribution in [0.1, 0.15) is 53.0 Å². The van der Waals surface area contributed by atoms with Gasteiger partial charge in [-0.2, -0.15) is 0 Å². The van der Waals surface area contributed by atoms with Crippen molar-refractivity contribution in [2.24, 2.45) is 5.41 Å². The molecule has 6 heteroatoms. The summed E-state index contributed by atoms with van der Waals surface area (Å²) in [7, 11) is -0.127. The molecular formula is C24H42O5Si. The van der Waals surface area contributed by atoms with Crippen LogP contribution < -0.4 is 4.74 Å². The average Bonchev–Trinajstić information content (AvgIpc) is 2.65. The lowest BCUT2D eigenvalue weighted by Crippen LogP contribution is -2.53. The van der Waals surface area contributed by atoms with Crippen LogP contribution in [0.5, 0.6) is 5.75 Å². The van der Waals surface area contributed by atoms with Crippen LogP contribution in [0.2, 0.25) is 18.1 Å². The van der Waals surface area contributed by atoms with Crippen LogP contribution in [0, 0.1) is 5.41 Å². The van der Waals surface area contributed by atoms with Crippen LogP contribution >= 0.6 is 0 Å². The van der Waals surface area contributed by atoms with Crippen LogP contribution in [-0.4, -0.2) is 52.2 Å². The molecule has 1 unspecified atom stereocenters. The topological polar surface area (TPSA) is 57.2 Å². The first-order chi connectivity index (χ1) is 13.9. The van der Waals surface area contributed by atoms with Gasteiger partial charge in [0.25, 0.3) is 0 Å². The summed E-state index contributed by atoms with van der Waals surface area (Å²) in [6.07, 6.45) is 1.72. The van der Waals surface area contributed by atoms with Gasteiger partial charge in [-0.05, 0) is 48.7 Å². The van der Waals surface area contributed by atoms with Crippen molar-refractivity contribution in [3.63, 3.8) is 0 Å². The number of benzene rings is 1. The van der Waals surface area contributed by atoms with Gasteiger partial charge in [-0.3, -0.25) is 0 Å². The molecule has 0 amide bonds. The lowest BCUT2D eigenvalue weighted by Gasteiger charge is -2.48. The molecule has 1 saturated heterocycles. The van der Waals surface area contributed by atoms with Crippen molar-refractivity contribution in [2.45, 2.75) is 90.5 Å². The minimum absolute atomic E-state index is 0.0100. The Balaban J connectivity index is 2.07. The summed E-state index contributed by atoms with van der Waals surface area (Å²) >= 11 is 0. The molecule has 1 aliphatic rings. The highest BCUT2D eigenvalue weighted by Crippen LogP contribution is 2.41. The van der Waals surface area contributed by atoms with Crippen molar-refractivity contribution in [2.75, 3.05) is 20.3 Å². The Labute approximate surface area is 184 Å². The number of rotatable bonds is 9. The van der Waals surface area contributed by atoms with E-state index in [1.54, 1.807) is 7.11 Å². The smallest absolute Gasteiger partial charge is 0.191 e. The summed E-state index contributed by atoms with van der Waals surface area (Å²) in [5, 5.41) is 9.78. The van der Waals surface area contributed by atoms with Gasteiger partial charge in [0.05, 0.1) is 19.3 Å². The standard InChI is InChI=1S/C24H42O5Si/c1-23(2,3)30(7,8)27-16-14-21-24(4,5)20(13-15-25)28-22(29-21)17-18-9-11-19(26-6)12-10-18/h9-12,20-22,25H,13-17H2,1-8H3/t20-,21-,22?/m0/s1. The molecular weight excluding hydrogens is 396 g/mol. The zero-order valence-electron chi connectivity index (χ0n) is 20.2. The number of aliphatic hydroxyl groups is 1. The number of hydrogen-bond acceptors (Lipinski definition) is 5. The van der Waals surface area contributed by atoms with Gasteiger partial charge in [0.1, 0.15) is 5.75 Å². The molecule has 1 aliphatic heterocycles.